The van der Waals surface area contributed by atoms with Gasteiger partial charge in [-0.1, -0.05) is 59.9 Å². The van der Waals surface area contributed by atoms with E-state index >= 15 is 4.48 Å². The highest BCUT2D eigenvalue weighted by atomic mass is 19.2. The number of para-hydroxylation sites is 2. The first-order valence-electron chi connectivity index (χ1n) is 11.2. The highest BCUT2D eigenvalue weighted by molar-refractivity contribution is 5.95. The van der Waals surface area contributed by atoms with Gasteiger partial charge in [0, 0.05) is 11.9 Å². The number of methoxy groups -OCH3 is 1. The smallest absolute Gasteiger partial charge is 0.261 e. The second-order valence-electron chi connectivity index (χ2n) is 8.63. The molecule has 0 bridgehead atoms. The summed E-state index contributed by atoms with van der Waals surface area (Å²) in [7, 11) is 1.60. The Bertz CT molecular complexity index is 1320. The zero-order valence-electron chi connectivity index (χ0n) is 19.3. The van der Waals surface area contributed by atoms with Crippen LogP contribution in [-0.4, -0.2) is 23.6 Å². The molecule has 33 heavy (non-hydrogen) atoms. The van der Waals surface area contributed by atoms with Crippen LogP contribution in [0.2, 0.25) is 0 Å². The van der Waals surface area contributed by atoms with Crippen LogP contribution in [0.25, 0.3) is 10.9 Å². The van der Waals surface area contributed by atoms with E-state index in [4.69, 9.17) is 9.72 Å². The fourth-order valence-electron chi connectivity index (χ4n) is 4.79. The summed E-state index contributed by atoms with van der Waals surface area (Å²) in [5.41, 5.74) is 4.44. The largest absolute Gasteiger partial charge is 0.494 e. The van der Waals surface area contributed by atoms with Crippen molar-refractivity contribution in [3.63, 3.8) is 0 Å². The standard InChI is InChI=1S/C27H27FN4O/c1-17-10-5-8-14-23(17)32(28)27-29-25-22(13-9-15-24(25)33-4)26(30-27)31-16-18(2)20-11-6-7-12-21(20)19(31)3/h5-15,18-19H,16H2,1-4H3. The van der Waals surface area contributed by atoms with Crippen molar-refractivity contribution in [2.24, 2.45) is 0 Å². The monoisotopic (exact) mass is 442 g/mol. The van der Waals surface area contributed by atoms with E-state index in [1.807, 2.05) is 43.3 Å². The minimum atomic E-state index is -0.00462. The number of aryl methyl sites for hydroxylation is 1. The van der Waals surface area contributed by atoms with Gasteiger partial charge in [-0.15, -0.1) is 5.12 Å². The first kappa shape index (κ1) is 21.2. The third kappa shape index (κ3) is 3.55. The molecule has 0 fully saturated rings. The van der Waals surface area contributed by atoms with E-state index in [-0.39, 0.29) is 12.0 Å². The van der Waals surface area contributed by atoms with Crippen molar-refractivity contribution in [3.05, 3.63) is 83.4 Å². The third-order valence-corrected chi connectivity index (χ3v) is 6.57. The maximum atomic E-state index is 15.7. The third-order valence-electron chi connectivity index (χ3n) is 6.57. The van der Waals surface area contributed by atoms with Gasteiger partial charge in [0.2, 0.25) is 0 Å². The van der Waals surface area contributed by atoms with Crippen LogP contribution in [0.3, 0.4) is 0 Å². The molecule has 1 aromatic heterocycles. The molecule has 2 heterocycles. The van der Waals surface area contributed by atoms with E-state index in [0.717, 1.165) is 17.5 Å². The number of hydrogen-bond donors (Lipinski definition) is 0. The van der Waals surface area contributed by atoms with Crippen molar-refractivity contribution in [2.45, 2.75) is 32.7 Å². The number of nitrogens with zero attached hydrogens (tertiary/aromatic N) is 4. The number of halogens is 1. The lowest BCUT2D eigenvalue weighted by Crippen LogP contribution is -2.36. The van der Waals surface area contributed by atoms with Gasteiger partial charge in [0.15, 0.2) is 0 Å². The number of aromatic nitrogens is 2. The fourth-order valence-corrected chi connectivity index (χ4v) is 4.79. The van der Waals surface area contributed by atoms with Crippen molar-refractivity contribution in [1.29, 1.82) is 0 Å². The van der Waals surface area contributed by atoms with Crippen molar-refractivity contribution in [1.82, 2.24) is 9.97 Å². The van der Waals surface area contributed by atoms with Gasteiger partial charge in [-0.25, -0.2) is 4.98 Å². The number of ether oxygens (including phenoxy) is 1. The summed E-state index contributed by atoms with van der Waals surface area (Å²) in [5.74, 6) is 1.61. The van der Waals surface area contributed by atoms with E-state index in [2.05, 4.69) is 48.0 Å². The minimum absolute atomic E-state index is 0.00462. The Morgan fingerprint density at radius 3 is 2.42 bits per heavy atom. The van der Waals surface area contributed by atoms with Gasteiger partial charge < -0.3 is 9.64 Å². The molecule has 0 saturated carbocycles. The zero-order valence-corrected chi connectivity index (χ0v) is 19.3. The van der Waals surface area contributed by atoms with Crippen LogP contribution in [0.1, 0.15) is 42.5 Å². The number of benzene rings is 3. The Hall–Kier alpha value is -3.67. The quantitative estimate of drug-likeness (QED) is 0.331. The van der Waals surface area contributed by atoms with Crippen LogP contribution < -0.4 is 14.8 Å². The molecule has 0 spiro atoms. The summed E-state index contributed by atoms with van der Waals surface area (Å²) in [6.07, 6.45) is 0. The molecule has 4 aromatic rings. The molecule has 0 saturated heterocycles. The van der Waals surface area contributed by atoms with Gasteiger partial charge in [0.05, 0.1) is 18.8 Å². The molecule has 2 atom stereocenters. The van der Waals surface area contributed by atoms with Crippen LogP contribution >= 0.6 is 0 Å². The number of anilines is 3. The molecular weight excluding hydrogens is 415 g/mol. The number of rotatable bonds is 4. The van der Waals surface area contributed by atoms with Gasteiger partial charge in [-0.2, -0.15) is 4.98 Å². The van der Waals surface area contributed by atoms with E-state index in [0.29, 0.717) is 33.8 Å². The molecule has 0 amide bonds. The Morgan fingerprint density at radius 2 is 1.67 bits per heavy atom. The Balaban J connectivity index is 1.71. The van der Waals surface area contributed by atoms with E-state index in [1.54, 1.807) is 13.2 Å². The topological polar surface area (TPSA) is 41.5 Å². The Morgan fingerprint density at radius 1 is 0.939 bits per heavy atom. The molecule has 2 unspecified atom stereocenters. The van der Waals surface area contributed by atoms with Crippen LogP contribution in [0.5, 0.6) is 5.75 Å². The maximum absolute atomic E-state index is 15.7. The lowest BCUT2D eigenvalue weighted by Gasteiger charge is -2.40. The van der Waals surface area contributed by atoms with Gasteiger partial charge >= 0.3 is 0 Å². The molecule has 168 valence electrons. The molecule has 1 aliphatic rings. The Labute approximate surface area is 193 Å². The molecular formula is C27H27FN4O. The molecule has 1 aliphatic heterocycles. The predicted octanol–water partition coefficient (Wildman–Crippen LogP) is 6.65. The molecule has 0 aliphatic carbocycles. The Kier molecular flexibility index (Phi) is 5.36. The van der Waals surface area contributed by atoms with Crippen molar-refractivity contribution >= 4 is 28.4 Å². The lowest BCUT2D eigenvalue weighted by atomic mass is 9.86. The lowest BCUT2D eigenvalue weighted by molar-refractivity contribution is 0.418. The van der Waals surface area contributed by atoms with E-state index in [9.17, 15) is 0 Å². The van der Waals surface area contributed by atoms with E-state index in [1.165, 1.54) is 11.1 Å². The van der Waals surface area contributed by atoms with Gasteiger partial charge in [-0.05, 0) is 54.7 Å². The normalized spacial score (nSPS) is 17.7. The second-order valence-corrected chi connectivity index (χ2v) is 8.63. The van der Waals surface area contributed by atoms with Crippen LogP contribution in [0.15, 0.2) is 66.7 Å². The predicted molar refractivity (Wildman–Crippen MR) is 131 cm³/mol. The summed E-state index contributed by atoms with van der Waals surface area (Å²) in [6.45, 7) is 7.04. The first-order chi connectivity index (χ1) is 16.0. The minimum Gasteiger partial charge on any atom is -0.494 e. The van der Waals surface area contributed by atoms with Crippen LogP contribution in [-0.2, 0) is 0 Å². The summed E-state index contributed by atoms with van der Waals surface area (Å²) in [5, 5.41) is 1.41. The number of fused-ring (bicyclic) bond motifs is 2. The molecule has 5 nitrogen and oxygen atoms in total. The highest BCUT2D eigenvalue weighted by Crippen LogP contribution is 2.42. The first-order valence-corrected chi connectivity index (χ1v) is 11.2. The number of hydrogen-bond acceptors (Lipinski definition) is 5. The fraction of sp³-hybridized carbons (Fsp3) is 0.259. The van der Waals surface area contributed by atoms with Gasteiger partial charge in [0.1, 0.15) is 17.1 Å². The van der Waals surface area contributed by atoms with Crippen molar-refractivity contribution < 1.29 is 9.22 Å². The SMILES string of the molecule is COc1cccc2c(N3CC(C)c4ccccc4C3C)nc(N(F)c3ccccc3C)nc12. The van der Waals surface area contributed by atoms with Crippen molar-refractivity contribution in [2.75, 3.05) is 23.7 Å². The average Bonchev–Trinajstić information content (AvgIpc) is 2.85. The second kappa shape index (κ2) is 8.35. The van der Waals surface area contributed by atoms with Crippen LogP contribution in [0.4, 0.5) is 21.9 Å². The summed E-state index contributed by atoms with van der Waals surface area (Å²) in [6, 6.07) is 21.6. The molecule has 5 rings (SSSR count). The molecule has 6 heteroatoms. The summed E-state index contributed by atoms with van der Waals surface area (Å²) < 4.78 is 21.3. The van der Waals surface area contributed by atoms with Gasteiger partial charge in [0.25, 0.3) is 5.95 Å². The molecule has 0 N–H and O–H groups in total. The van der Waals surface area contributed by atoms with Crippen molar-refractivity contribution in [3.8, 4) is 5.75 Å². The maximum Gasteiger partial charge on any atom is 0.261 e. The van der Waals surface area contributed by atoms with E-state index < -0.39 is 0 Å². The van der Waals surface area contributed by atoms with Gasteiger partial charge in [-0.3, -0.25) is 0 Å². The summed E-state index contributed by atoms with van der Waals surface area (Å²) in [4.78, 5) is 11.6. The molecule has 3 aromatic carbocycles. The highest BCUT2D eigenvalue weighted by Gasteiger charge is 2.31. The summed E-state index contributed by atoms with van der Waals surface area (Å²) >= 11 is 0. The zero-order chi connectivity index (χ0) is 23.1. The molecule has 0 radical (unpaired) electrons. The van der Waals surface area contributed by atoms with Crippen LogP contribution in [0, 0.1) is 6.92 Å². The average molecular weight is 443 g/mol.